The van der Waals surface area contributed by atoms with E-state index in [1.807, 2.05) is 0 Å². The van der Waals surface area contributed by atoms with E-state index in [0.717, 1.165) is 19.0 Å². The number of nitrogens with zero attached hydrogens (tertiary/aromatic N) is 1. The van der Waals surface area contributed by atoms with Gasteiger partial charge in [-0.25, -0.2) is 0 Å². The Kier molecular flexibility index (Phi) is 5.71. The molecule has 0 aliphatic carbocycles. The minimum absolute atomic E-state index is 0.821. The predicted octanol–water partition coefficient (Wildman–Crippen LogP) is 3.81. The second-order valence-electron chi connectivity index (χ2n) is 6.07. The molecule has 0 bridgehead atoms. The van der Waals surface area contributed by atoms with E-state index in [0.29, 0.717) is 0 Å². The maximum atomic E-state index is 3.53. The van der Waals surface area contributed by atoms with Gasteiger partial charge in [0.1, 0.15) is 0 Å². The van der Waals surface area contributed by atoms with Gasteiger partial charge < -0.3 is 10.2 Å². The van der Waals surface area contributed by atoms with Gasteiger partial charge >= 0.3 is 0 Å². The predicted molar refractivity (Wildman–Crippen MR) is 83.7 cm³/mol. The van der Waals surface area contributed by atoms with Gasteiger partial charge in [-0.3, -0.25) is 0 Å². The van der Waals surface area contributed by atoms with Gasteiger partial charge in [0, 0.05) is 25.3 Å². The summed E-state index contributed by atoms with van der Waals surface area (Å²) in [4.78, 5) is 2.49. The summed E-state index contributed by atoms with van der Waals surface area (Å²) in [5, 5.41) is 3.53. The van der Waals surface area contributed by atoms with Crippen LogP contribution in [-0.4, -0.2) is 19.6 Å². The van der Waals surface area contributed by atoms with Crippen molar-refractivity contribution in [2.45, 2.75) is 46.1 Å². The standard InChI is InChI=1S/C17H28N2/c1-15(2)6-5-11-18-14-16-7-9-17(10-8-16)19-12-3-4-13-19/h7-10,15,18H,3-6,11-14H2,1-2H3. The lowest BCUT2D eigenvalue weighted by Gasteiger charge is -2.17. The summed E-state index contributed by atoms with van der Waals surface area (Å²) in [5.74, 6) is 0.821. The lowest BCUT2D eigenvalue weighted by Crippen LogP contribution is -2.18. The molecule has 1 saturated heterocycles. The molecule has 2 nitrogen and oxygen atoms in total. The van der Waals surface area contributed by atoms with E-state index in [-0.39, 0.29) is 0 Å². The Labute approximate surface area is 118 Å². The zero-order valence-corrected chi connectivity index (χ0v) is 12.5. The lowest BCUT2D eigenvalue weighted by molar-refractivity contribution is 0.527. The smallest absolute Gasteiger partial charge is 0.0366 e. The van der Waals surface area contributed by atoms with Gasteiger partial charge in [0.2, 0.25) is 0 Å². The molecular weight excluding hydrogens is 232 g/mol. The third-order valence-electron chi connectivity index (χ3n) is 3.87. The lowest BCUT2D eigenvalue weighted by atomic mass is 10.1. The normalized spacial score (nSPS) is 15.4. The fourth-order valence-corrected chi connectivity index (χ4v) is 2.67. The molecular formula is C17H28N2. The molecule has 19 heavy (non-hydrogen) atoms. The van der Waals surface area contributed by atoms with Crippen molar-refractivity contribution in [1.29, 1.82) is 0 Å². The van der Waals surface area contributed by atoms with Crippen molar-refractivity contribution in [1.82, 2.24) is 5.32 Å². The molecule has 1 fully saturated rings. The van der Waals surface area contributed by atoms with E-state index < -0.39 is 0 Å². The summed E-state index contributed by atoms with van der Waals surface area (Å²) < 4.78 is 0. The van der Waals surface area contributed by atoms with Crippen molar-refractivity contribution in [3.63, 3.8) is 0 Å². The minimum Gasteiger partial charge on any atom is -0.372 e. The molecule has 1 aromatic carbocycles. The Morgan fingerprint density at radius 1 is 1.11 bits per heavy atom. The molecule has 106 valence electrons. The van der Waals surface area contributed by atoms with Crippen molar-refractivity contribution in [3.8, 4) is 0 Å². The van der Waals surface area contributed by atoms with Crippen LogP contribution in [-0.2, 0) is 6.54 Å². The highest BCUT2D eigenvalue weighted by atomic mass is 15.1. The maximum absolute atomic E-state index is 3.53. The highest BCUT2D eigenvalue weighted by Gasteiger charge is 2.11. The second kappa shape index (κ2) is 7.54. The second-order valence-corrected chi connectivity index (χ2v) is 6.07. The van der Waals surface area contributed by atoms with Crippen LogP contribution in [0.3, 0.4) is 0 Å². The van der Waals surface area contributed by atoms with Crippen LogP contribution < -0.4 is 10.2 Å². The molecule has 0 radical (unpaired) electrons. The van der Waals surface area contributed by atoms with Crippen molar-refractivity contribution >= 4 is 5.69 Å². The molecule has 0 spiro atoms. The van der Waals surface area contributed by atoms with E-state index in [1.54, 1.807) is 0 Å². The highest BCUT2D eigenvalue weighted by Crippen LogP contribution is 2.20. The zero-order valence-electron chi connectivity index (χ0n) is 12.5. The van der Waals surface area contributed by atoms with E-state index in [9.17, 15) is 0 Å². The Hall–Kier alpha value is -1.02. The Morgan fingerprint density at radius 2 is 1.79 bits per heavy atom. The van der Waals surface area contributed by atoms with Crippen molar-refractivity contribution in [3.05, 3.63) is 29.8 Å². The molecule has 0 aromatic heterocycles. The summed E-state index contributed by atoms with van der Waals surface area (Å²) in [6.45, 7) is 9.16. The minimum atomic E-state index is 0.821. The van der Waals surface area contributed by atoms with Crippen LogP contribution in [0.4, 0.5) is 5.69 Å². The number of rotatable bonds is 7. The quantitative estimate of drug-likeness (QED) is 0.750. The van der Waals surface area contributed by atoms with Gasteiger partial charge in [-0.1, -0.05) is 26.0 Å². The zero-order chi connectivity index (χ0) is 13.5. The van der Waals surface area contributed by atoms with Crippen LogP contribution in [0.15, 0.2) is 24.3 Å². The van der Waals surface area contributed by atoms with Gasteiger partial charge in [-0.2, -0.15) is 0 Å². The van der Waals surface area contributed by atoms with Crippen molar-refractivity contribution in [2.75, 3.05) is 24.5 Å². The van der Waals surface area contributed by atoms with E-state index in [4.69, 9.17) is 0 Å². The molecule has 2 heteroatoms. The van der Waals surface area contributed by atoms with Crippen LogP contribution in [0.1, 0.15) is 45.1 Å². The fraction of sp³-hybridized carbons (Fsp3) is 0.647. The number of benzene rings is 1. The first kappa shape index (κ1) is 14.4. The molecule has 1 aliphatic rings. The summed E-state index contributed by atoms with van der Waals surface area (Å²) in [7, 11) is 0. The summed E-state index contributed by atoms with van der Waals surface area (Å²) in [6.07, 6.45) is 5.29. The molecule has 1 aromatic rings. The van der Waals surface area contributed by atoms with Gasteiger partial charge in [-0.05, 0) is 55.8 Å². The van der Waals surface area contributed by atoms with Crippen LogP contribution in [0.2, 0.25) is 0 Å². The topological polar surface area (TPSA) is 15.3 Å². The summed E-state index contributed by atoms with van der Waals surface area (Å²) >= 11 is 0. The Balaban J connectivity index is 1.69. The first-order valence-electron chi connectivity index (χ1n) is 7.80. The Bertz CT molecular complexity index is 350. The largest absolute Gasteiger partial charge is 0.372 e. The SMILES string of the molecule is CC(C)CCCNCc1ccc(N2CCCC2)cc1. The molecule has 1 aliphatic heterocycles. The first-order chi connectivity index (χ1) is 9.25. The molecule has 0 atom stereocenters. The molecule has 1 heterocycles. The Morgan fingerprint density at radius 3 is 2.42 bits per heavy atom. The molecule has 0 unspecified atom stereocenters. The summed E-state index contributed by atoms with van der Waals surface area (Å²) in [6, 6.07) is 9.08. The third kappa shape index (κ3) is 4.87. The van der Waals surface area contributed by atoms with E-state index in [2.05, 4.69) is 48.3 Å². The molecule has 0 saturated carbocycles. The average molecular weight is 260 g/mol. The molecule has 0 amide bonds. The fourth-order valence-electron chi connectivity index (χ4n) is 2.67. The van der Waals surface area contributed by atoms with Gasteiger partial charge in [0.15, 0.2) is 0 Å². The van der Waals surface area contributed by atoms with Crippen LogP contribution in [0, 0.1) is 5.92 Å². The molecule has 1 N–H and O–H groups in total. The number of anilines is 1. The van der Waals surface area contributed by atoms with Crippen LogP contribution in [0.25, 0.3) is 0 Å². The maximum Gasteiger partial charge on any atom is 0.0366 e. The number of nitrogens with one attached hydrogen (secondary N) is 1. The summed E-state index contributed by atoms with van der Waals surface area (Å²) in [5.41, 5.74) is 2.79. The van der Waals surface area contributed by atoms with Gasteiger partial charge in [0.25, 0.3) is 0 Å². The first-order valence-corrected chi connectivity index (χ1v) is 7.80. The molecule has 2 rings (SSSR count). The average Bonchev–Trinajstić information content (AvgIpc) is 2.93. The monoisotopic (exact) mass is 260 g/mol. The third-order valence-corrected chi connectivity index (χ3v) is 3.87. The van der Waals surface area contributed by atoms with E-state index >= 15 is 0 Å². The van der Waals surface area contributed by atoms with Gasteiger partial charge in [0.05, 0.1) is 0 Å². The van der Waals surface area contributed by atoms with Crippen molar-refractivity contribution < 1.29 is 0 Å². The van der Waals surface area contributed by atoms with Gasteiger partial charge in [-0.15, -0.1) is 0 Å². The van der Waals surface area contributed by atoms with Crippen LogP contribution >= 0.6 is 0 Å². The highest BCUT2D eigenvalue weighted by molar-refractivity contribution is 5.48. The van der Waals surface area contributed by atoms with Crippen LogP contribution in [0.5, 0.6) is 0 Å². The number of hydrogen-bond acceptors (Lipinski definition) is 2. The van der Waals surface area contributed by atoms with E-state index in [1.165, 1.54) is 50.0 Å². The van der Waals surface area contributed by atoms with Crippen molar-refractivity contribution in [2.24, 2.45) is 5.92 Å². The number of hydrogen-bond donors (Lipinski definition) is 1.